The molecule has 2 aliphatic rings. The number of aromatic carboxylic acids is 1. The Labute approximate surface area is 170 Å². The minimum atomic E-state index is -0.930. The second-order valence-corrected chi connectivity index (χ2v) is 7.61. The molecule has 1 N–H and O–H groups in total. The number of carboxylic acid groups (broad SMARTS) is 1. The van der Waals surface area contributed by atoms with Crippen LogP contribution < -0.4 is 9.47 Å². The summed E-state index contributed by atoms with van der Waals surface area (Å²) in [5.74, 6) is 0.808. The summed E-state index contributed by atoms with van der Waals surface area (Å²) >= 11 is 0. The third-order valence-corrected chi connectivity index (χ3v) is 5.77. The van der Waals surface area contributed by atoms with Crippen LogP contribution in [0, 0.1) is 0 Å². The largest absolute Gasteiger partial charge is 0.493 e. The predicted molar refractivity (Wildman–Crippen MR) is 112 cm³/mol. The number of benzene rings is 2. The number of carboxylic acids is 1. The number of likely N-dealkylation sites (tertiary alicyclic amines) is 1. The molecule has 0 amide bonds. The van der Waals surface area contributed by atoms with E-state index >= 15 is 0 Å². The zero-order valence-electron chi connectivity index (χ0n) is 17.0. The van der Waals surface area contributed by atoms with E-state index in [1.54, 1.807) is 19.2 Å². The fraction of sp³-hybridized carbons (Fsp3) is 0.391. The molecule has 0 saturated carbocycles. The zero-order chi connectivity index (χ0) is 20.5. The van der Waals surface area contributed by atoms with Crippen LogP contribution in [0.1, 0.15) is 46.3 Å². The maximum absolute atomic E-state index is 11.2. The first-order valence-corrected chi connectivity index (χ1v) is 9.97. The zero-order valence-corrected chi connectivity index (χ0v) is 17.0. The number of ether oxygens (including phenoxy) is 2. The summed E-state index contributed by atoms with van der Waals surface area (Å²) in [5, 5.41) is 9.21. The van der Waals surface area contributed by atoms with Crippen molar-refractivity contribution in [1.82, 2.24) is 4.90 Å². The van der Waals surface area contributed by atoms with E-state index in [-0.39, 0.29) is 11.6 Å². The van der Waals surface area contributed by atoms with Crippen LogP contribution in [0.3, 0.4) is 0 Å². The molecular formula is C23H26N2O4. The molecule has 0 radical (unpaired) electrons. The number of hydrogen-bond acceptors (Lipinski definition) is 5. The average Bonchev–Trinajstić information content (AvgIpc) is 2.73. The van der Waals surface area contributed by atoms with Gasteiger partial charge in [-0.2, -0.15) is 0 Å². The van der Waals surface area contributed by atoms with E-state index in [1.807, 2.05) is 25.1 Å². The summed E-state index contributed by atoms with van der Waals surface area (Å²) in [7, 11) is 3.79. The topological polar surface area (TPSA) is 71.4 Å². The molecule has 2 aliphatic heterocycles. The van der Waals surface area contributed by atoms with Crippen molar-refractivity contribution < 1.29 is 19.4 Å². The van der Waals surface area contributed by atoms with Gasteiger partial charge in [0.2, 0.25) is 0 Å². The van der Waals surface area contributed by atoms with E-state index in [0.29, 0.717) is 18.3 Å². The molecular weight excluding hydrogens is 368 g/mol. The molecule has 6 heteroatoms. The molecule has 6 nitrogen and oxygen atoms in total. The molecule has 0 aliphatic carbocycles. The molecule has 0 spiro atoms. The average molecular weight is 394 g/mol. The summed E-state index contributed by atoms with van der Waals surface area (Å²) in [6.45, 7) is 4.50. The fourth-order valence-corrected chi connectivity index (χ4v) is 4.31. The number of methoxy groups -OCH3 is 1. The molecule has 1 fully saturated rings. The molecule has 152 valence electrons. The van der Waals surface area contributed by atoms with Gasteiger partial charge in [0.25, 0.3) is 0 Å². The lowest BCUT2D eigenvalue weighted by Gasteiger charge is -2.39. The van der Waals surface area contributed by atoms with Crippen molar-refractivity contribution in [3.05, 3.63) is 58.7 Å². The molecule has 0 bridgehead atoms. The van der Waals surface area contributed by atoms with Gasteiger partial charge in [0.05, 0.1) is 31.0 Å². The van der Waals surface area contributed by atoms with Crippen molar-refractivity contribution in [2.75, 3.05) is 33.9 Å². The molecule has 2 aromatic rings. The summed E-state index contributed by atoms with van der Waals surface area (Å²) in [4.78, 5) is 18.7. The van der Waals surface area contributed by atoms with Gasteiger partial charge in [0.1, 0.15) is 0 Å². The van der Waals surface area contributed by atoms with Gasteiger partial charge < -0.3 is 19.5 Å². The number of carbonyl (C=O) groups is 1. The smallest absolute Gasteiger partial charge is 0.335 e. The first-order chi connectivity index (χ1) is 14.0. The van der Waals surface area contributed by atoms with E-state index in [9.17, 15) is 9.90 Å². The van der Waals surface area contributed by atoms with Crippen LogP contribution in [-0.4, -0.2) is 61.6 Å². The van der Waals surface area contributed by atoms with Crippen LogP contribution in [0.25, 0.3) is 0 Å². The van der Waals surface area contributed by atoms with Crippen molar-refractivity contribution in [2.45, 2.75) is 25.3 Å². The highest BCUT2D eigenvalue weighted by molar-refractivity contribution is 6.15. The number of fused-ring (bicyclic) bond motifs is 3. The first-order valence-electron chi connectivity index (χ1n) is 9.97. The van der Waals surface area contributed by atoms with Gasteiger partial charge in [-0.3, -0.25) is 4.99 Å². The van der Waals surface area contributed by atoms with E-state index in [0.717, 1.165) is 42.1 Å². The maximum atomic E-state index is 11.2. The molecule has 2 atom stereocenters. The Morgan fingerprint density at radius 2 is 2.00 bits per heavy atom. The van der Waals surface area contributed by atoms with Crippen LogP contribution in [-0.2, 0) is 0 Å². The summed E-state index contributed by atoms with van der Waals surface area (Å²) in [6.07, 6.45) is 0.993. The summed E-state index contributed by atoms with van der Waals surface area (Å²) < 4.78 is 11.4. The number of piperidine rings is 1. The highest BCUT2D eigenvalue weighted by Crippen LogP contribution is 2.42. The van der Waals surface area contributed by atoms with Crippen molar-refractivity contribution in [3.8, 4) is 11.5 Å². The first kappa shape index (κ1) is 19.5. The van der Waals surface area contributed by atoms with Crippen LogP contribution in [0.15, 0.2) is 41.4 Å². The molecule has 0 unspecified atom stereocenters. The number of hydrogen-bond donors (Lipinski definition) is 1. The van der Waals surface area contributed by atoms with Gasteiger partial charge in [0, 0.05) is 23.6 Å². The SMILES string of the molecule is CCOc1cc2c(cc1OC)C(c1ccc(C(=O)O)cc1)=N[C@@H]1CCN(C)C[C@H]21. The number of aliphatic imine (C=N–C) groups is 1. The maximum Gasteiger partial charge on any atom is 0.335 e. The van der Waals surface area contributed by atoms with Crippen molar-refractivity contribution in [3.63, 3.8) is 0 Å². The number of rotatable bonds is 5. The van der Waals surface area contributed by atoms with E-state index in [1.165, 1.54) is 5.56 Å². The van der Waals surface area contributed by atoms with Gasteiger partial charge in [-0.05, 0) is 56.8 Å². The fourth-order valence-electron chi connectivity index (χ4n) is 4.31. The quantitative estimate of drug-likeness (QED) is 0.841. The van der Waals surface area contributed by atoms with Crippen molar-refractivity contribution >= 4 is 11.7 Å². The highest BCUT2D eigenvalue weighted by atomic mass is 16.5. The third kappa shape index (κ3) is 3.60. The minimum Gasteiger partial charge on any atom is -0.493 e. The van der Waals surface area contributed by atoms with Crippen LogP contribution in [0.2, 0.25) is 0 Å². The highest BCUT2D eigenvalue weighted by Gasteiger charge is 2.36. The lowest BCUT2D eigenvalue weighted by Crippen LogP contribution is -2.41. The number of nitrogens with zero attached hydrogens (tertiary/aromatic N) is 2. The minimum absolute atomic E-state index is 0.204. The Balaban J connectivity index is 1.85. The Kier molecular flexibility index (Phi) is 5.28. The van der Waals surface area contributed by atoms with Crippen LogP contribution >= 0.6 is 0 Å². The monoisotopic (exact) mass is 394 g/mol. The molecule has 4 rings (SSSR count). The molecule has 1 saturated heterocycles. The number of likely N-dealkylation sites (N-methyl/N-ethyl adjacent to an activating group) is 1. The standard InChI is InChI=1S/C23H26N2O4/c1-4-29-21-11-16-17(12-20(21)28-3)22(14-5-7-15(8-6-14)23(26)27)24-19-9-10-25(2)13-18(16)19/h5-8,11-12,18-19H,4,9-10,13H2,1-3H3,(H,26,27)/t18-,19-/m1/s1. The van der Waals surface area contributed by atoms with Gasteiger partial charge in [-0.15, -0.1) is 0 Å². The van der Waals surface area contributed by atoms with Gasteiger partial charge >= 0.3 is 5.97 Å². The van der Waals surface area contributed by atoms with E-state index in [2.05, 4.69) is 18.0 Å². The second kappa shape index (κ2) is 7.87. The Hall–Kier alpha value is -2.86. The van der Waals surface area contributed by atoms with E-state index in [4.69, 9.17) is 14.5 Å². The van der Waals surface area contributed by atoms with Crippen LogP contribution in [0.5, 0.6) is 11.5 Å². The van der Waals surface area contributed by atoms with Gasteiger partial charge in [-0.1, -0.05) is 12.1 Å². The molecule has 29 heavy (non-hydrogen) atoms. The van der Waals surface area contributed by atoms with Crippen molar-refractivity contribution in [1.29, 1.82) is 0 Å². The Morgan fingerprint density at radius 3 is 2.66 bits per heavy atom. The van der Waals surface area contributed by atoms with E-state index < -0.39 is 5.97 Å². The summed E-state index contributed by atoms with van der Waals surface area (Å²) in [5.41, 5.74) is 4.33. The van der Waals surface area contributed by atoms with Crippen LogP contribution in [0.4, 0.5) is 0 Å². The molecule has 2 aromatic carbocycles. The summed E-state index contributed by atoms with van der Waals surface area (Å²) in [6, 6.07) is 11.3. The molecule has 0 aromatic heterocycles. The lowest BCUT2D eigenvalue weighted by atomic mass is 9.79. The Bertz CT molecular complexity index is 952. The third-order valence-electron chi connectivity index (χ3n) is 5.77. The lowest BCUT2D eigenvalue weighted by molar-refractivity contribution is 0.0697. The normalized spacial score (nSPS) is 21.0. The van der Waals surface area contributed by atoms with Gasteiger partial charge in [0.15, 0.2) is 11.5 Å². The van der Waals surface area contributed by atoms with Gasteiger partial charge in [-0.25, -0.2) is 4.79 Å². The predicted octanol–water partition coefficient (Wildman–Crippen LogP) is 3.43. The second-order valence-electron chi connectivity index (χ2n) is 7.61. The molecule has 2 heterocycles. The van der Waals surface area contributed by atoms with Crippen molar-refractivity contribution in [2.24, 2.45) is 4.99 Å². The Morgan fingerprint density at radius 1 is 1.24 bits per heavy atom.